The first-order valence-corrected chi connectivity index (χ1v) is 17.6. The van der Waals surface area contributed by atoms with Crippen molar-refractivity contribution in [2.45, 2.75) is 32.9 Å². The normalized spacial score (nSPS) is 11.6. The molecule has 0 radical (unpaired) electrons. The summed E-state index contributed by atoms with van der Waals surface area (Å²) >= 11 is 5.61. The van der Waals surface area contributed by atoms with E-state index in [4.69, 9.17) is 14.2 Å². The summed E-state index contributed by atoms with van der Waals surface area (Å²) in [5, 5.41) is 1.68. The molecule has 0 atom stereocenters. The summed E-state index contributed by atoms with van der Waals surface area (Å²) in [6, 6.07) is 12.3. The maximum absolute atomic E-state index is 14.0. The SMILES string of the molecule is CCOc1c2cn(-c3ccc(CS(=O)(=O)NC(=O)Cc4cc(I)ccc4OC)cc3C)c(=O)c2c(OCC)c2cc(Br)c[nH]c12. The number of hydrogen-bond acceptors (Lipinski definition) is 7. The number of H-pyrrole nitrogens is 1. The van der Waals surface area contributed by atoms with E-state index in [1.54, 1.807) is 49.6 Å². The summed E-state index contributed by atoms with van der Waals surface area (Å²) in [5.74, 6) is 0.413. The van der Waals surface area contributed by atoms with E-state index in [1.807, 2.05) is 26.0 Å². The van der Waals surface area contributed by atoms with Crippen LogP contribution in [0.5, 0.6) is 17.2 Å². The molecule has 0 saturated carbocycles. The van der Waals surface area contributed by atoms with Gasteiger partial charge in [-0.05, 0) is 101 Å². The van der Waals surface area contributed by atoms with Crippen molar-refractivity contribution in [1.29, 1.82) is 0 Å². The highest BCUT2D eigenvalue weighted by Gasteiger charge is 2.24. The molecule has 2 heterocycles. The Balaban J connectivity index is 1.47. The summed E-state index contributed by atoms with van der Waals surface area (Å²) in [6.07, 6.45) is 3.36. The number of fused-ring (bicyclic) bond motifs is 2. The Morgan fingerprint density at radius 1 is 1.04 bits per heavy atom. The van der Waals surface area contributed by atoms with E-state index >= 15 is 0 Å². The Hall–Kier alpha value is -3.56. The molecule has 45 heavy (non-hydrogen) atoms. The lowest BCUT2D eigenvalue weighted by atomic mass is 10.1. The highest BCUT2D eigenvalue weighted by atomic mass is 127. The molecule has 2 aromatic heterocycles. The quantitative estimate of drug-likeness (QED) is 0.154. The molecule has 0 bridgehead atoms. The predicted molar refractivity (Wildman–Crippen MR) is 186 cm³/mol. The molecule has 0 fully saturated rings. The standard InChI is InChI=1S/C32H31BrIN3O7S/c1-5-43-30-23-14-21(33)15-35-29(23)31(44-6-2)24-16-37(32(39)28(24)30)25-9-7-19(11-18(25)3)17-45(40,41)36-27(38)13-20-12-22(34)8-10-26(20)42-4/h7-12,14-16,35H,5-6,13,17H2,1-4H3,(H,36,38). The van der Waals surface area contributed by atoms with Gasteiger partial charge in [0.2, 0.25) is 15.9 Å². The van der Waals surface area contributed by atoms with Crippen molar-refractivity contribution in [1.82, 2.24) is 14.3 Å². The predicted octanol–water partition coefficient (Wildman–Crippen LogP) is 6.14. The second kappa shape index (κ2) is 13.4. The maximum Gasteiger partial charge on any atom is 0.266 e. The fourth-order valence-corrected chi connectivity index (χ4v) is 7.36. The first-order valence-electron chi connectivity index (χ1n) is 14.1. The molecular weight excluding hydrogens is 777 g/mol. The minimum absolute atomic E-state index is 0.151. The van der Waals surface area contributed by atoms with Gasteiger partial charge < -0.3 is 19.2 Å². The number of methoxy groups -OCH3 is 1. The monoisotopic (exact) mass is 807 g/mol. The van der Waals surface area contributed by atoms with Crippen LogP contribution >= 0.6 is 38.5 Å². The van der Waals surface area contributed by atoms with Crippen LogP contribution < -0.4 is 24.5 Å². The van der Waals surface area contributed by atoms with Crippen LogP contribution in [0.1, 0.15) is 30.5 Å². The molecule has 3 aromatic carbocycles. The summed E-state index contributed by atoms with van der Waals surface area (Å²) in [6.45, 7) is 6.27. The molecule has 0 aliphatic heterocycles. The number of aromatic nitrogens is 2. The largest absolute Gasteiger partial charge is 0.496 e. The van der Waals surface area contributed by atoms with Crippen LogP contribution in [0.2, 0.25) is 0 Å². The number of carbonyl (C=O) groups excluding carboxylic acids is 1. The summed E-state index contributed by atoms with van der Waals surface area (Å²) < 4.78 is 48.6. The molecule has 0 aliphatic rings. The maximum atomic E-state index is 14.0. The van der Waals surface area contributed by atoms with Crippen molar-refractivity contribution in [3.63, 3.8) is 0 Å². The van der Waals surface area contributed by atoms with Gasteiger partial charge in [0.25, 0.3) is 5.56 Å². The van der Waals surface area contributed by atoms with Crippen molar-refractivity contribution in [2.75, 3.05) is 20.3 Å². The molecule has 0 spiro atoms. The van der Waals surface area contributed by atoms with Crippen LogP contribution in [0.15, 0.2) is 64.1 Å². The smallest absolute Gasteiger partial charge is 0.266 e. The van der Waals surface area contributed by atoms with E-state index in [0.29, 0.717) is 74.5 Å². The fraction of sp³-hybridized carbons (Fsp3) is 0.250. The van der Waals surface area contributed by atoms with Gasteiger partial charge in [-0.1, -0.05) is 12.1 Å². The topological polar surface area (TPSA) is 129 Å². The molecule has 0 aliphatic carbocycles. The van der Waals surface area contributed by atoms with E-state index in [9.17, 15) is 18.0 Å². The van der Waals surface area contributed by atoms with Gasteiger partial charge in [0, 0.05) is 31.4 Å². The zero-order chi connectivity index (χ0) is 32.5. The van der Waals surface area contributed by atoms with E-state index in [0.717, 1.165) is 8.04 Å². The fourth-order valence-electron chi connectivity index (χ4n) is 5.35. The average Bonchev–Trinajstić information content (AvgIpc) is 3.30. The van der Waals surface area contributed by atoms with Gasteiger partial charge in [0.1, 0.15) is 11.5 Å². The van der Waals surface area contributed by atoms with E-state index in [1.165, 1.54) is 11.7 Å². The van der Waals surface area contributed by atoms with E-state index in [2.05, 4.69) is 48.2 Å². The number of aromatic amines is 1. The molecular formula is C32H31BrIN3O7S. The van der Waals surface area contributed by atoms with Gasteiger partial charge in [-0.25, -0.2) is 8.42 Å². The number of pyridine rings is 1. The Morgan fingerprint density at radius 3 is 2.47 bits per heavy atom. The Kier molecular flexibility index (Phi) is 9.80. The van der Waals surface area contributed by atoms with E-state index in [-0.39, 0.29) is 12.0 Å². The van der Waals surface area contributed by atoms with Crippen LogP contribution in [0.4, 0.5) is 0 Å². The van der Waals surface area contributed by atoms with Gasteiger partial charge in [-0.15, -0.1) is 0 Å². The lowest BCUT2D eigenvalue weighted by Crippen LogP contribution is -2.32. The van der Waals surface area contributed by atoms with Gasteiger partial charge in [-0.2, -0.15) is 0 Å². The van der Waals surface area contributed by atoms with Crippen LogP contribution in [-0.2, 0) is 27.0 Å². The van der Waals surface area contributed by atoms with Crippen molar-refractivity contribution in [3.8, 4) is 22.9 Å². The van der Waals surface area contributed by atoms with Crippen molar-refractivity contribution < 1.29 is 27.4 Å². The van der Waals surface area contributed by atoms with Crippen LogP contribution in [0.25, 0.3) is 27.4 Å². The van der Waals surface area contributed by atoms with E-state index < -0.39 is 21.7 Å². The number of ether oxygens (including phenoxy) is 3. The number of benzene rings is 3. The third-order valence-electron chi connectivity index (χ3n) is 7.13. The first-order chi connectivity index (χ1) is 21.5. The highest BCUT2D eigenvalue weighted by molar-refractivity contribution is 14.1. The molecule has 236 valence electrons. The van der Waals surface area contributed by atoms with Gasteiger partial charge in [-0.3, -0.25) is 18.9 Å². The van der Waals surface area contributed by atoms with Gasteiger partial charge >= 0.3 is 0 Å². The number of hydrogen-bond donors (Lipinski definition) is 2. The van der Waals surface area contributed by atoms with Crippen molar-refractivity contribution in [2.24, 2.45) is 0 Å². The molecule has 2 N–H and O–H groups in total. The number of carbonyl (C=O) groups is 1. The van der Waals surface area contributed by atoms with Gasteiger partial charge in [0.05, 0.1) is 54.5 Å². The Bertz CT molecular complexity index is 2110. The number of rotatable bonds is 11. The summed E-state index contributed by atoms with van der Waals surface area (Å²) in [4.78, 5) is 29.9. The van der Waals surface area contributed by atoms with Gasteiger partial charge in [0.15, 0.2) is 5.75 Å². The minimum atomic E-state index is -4.01. The average molecular weight is 808 g/mol. The van der Waals surface area contributed by atoms with Crippen molar-refractivity contribution in [3.05, 3.63) is 89.9 Å². The molecule has 0 saturated heterocycles. The lowest BCUT2D eigenvalue weighted by molar-refractivity contribution is -0.118. The molecule has 10 nitrogen and oxygen atoms in total. The number of nitrogens with one attached hydrogen (secondary N) is 2. The van der Waals surface area contributed by atoms with Crippen LogP contribution in [0, 0.1) is 10.5 Å². The Labute approximate surface area is 282 Å². The number of nitrogens with zero attached hydrogens (tertiary/aromatic N) is 1. The molecule has 13 heteroatoms. The number of sulfonamides is 1. The second-order valence-electron chi connectivity index (χ2n) is 10.3. The third-order valence-corrected chi connectivity index (χ3v) is 9.51. The molecule has 1 amide bonds. The third kappa shape index (κ3) is 6.84. The number of amides is 1. The number of halogens is 2. The minimum Gasteiger partial charge on any atom is -0.496 e. The van der Waals surface area contributed by atoms with Crippen LogP contribution in [0.3, 0.4) is 0 Å². The molecule has 0 unspecified atom stereocenters. The highest BCUT2D eigenvalue weighted by Crippen LogP contribution is 2.42. The number of aryl methyl sites for hydroxylation is 1. The lowest BCUT2D eigenvalue weighted by Gasteiger charge is -2.14. The second-order valence-corrected chi connectivity index (χ2v) is 14.1. The first kappa shape index (κ1) is 32.8. The summed E-state index contributed by atoms with van der Waals surface area (Å²) in [5.41, 5.74) is 2.70. The molecule has 5 rings (SSSR count). The van der Waals surface area contributed by atoms with Crippen LogP contribution in [-0.4, -0.2) is 44.2 Å². The summed E-state index contributed by atoms with van der Waals surface area (Å²) in [7, 11) is -2.51. The zero-order valence-corrected chi connectivity index (χ0v) is 29.6. The van der Waals surface area contributed by atoms with Crippen molar-refractivity contribution >= 4 is 76.1 Å². The molecule has 5 aromatic rings. The zero-order valence-electron chi connectivity index (χ0n) is 25.0. The Morgan fingerprint density at radius 2 is 1.78 bits per heavy atom.